The van der Waals surface area contributed by atoms with E-state index in [1.807, 2.05) is 6.07 Å². The Morgan fingerprint density at radius 1 is 0.417 bits per heavy atom. The van der Waals surface area contributed by atoms with Gasteiger partial charge in [0.15, 0.2) is 23.0 Å². The molecule has 3 heteroatoms. The van der Waals surface area contributed by atoms with Gasteiger partial charge in [0.25, 0.3) is 0 Å². The number of ether oxygens (including phenoxy) is 2. The van der Waals surface area contributed by atoms with Crippen molar-refractivity contribution in [3.05, 3.63) is 235 Å². The predicted octanol–water partition coefficient (Wildman–Crippen LogP) is 15.2. The molecule has 3 atom stereocenters. The van der Waals surface area contributed by atoms with Crippen LogP contribution in [0.4, 0.5) is 17.1 Å². The van der Waals surface area contributed by atoms with E-state index in [0.717, 1.165) is 39.1 Å². The van der Waals surface area contributed by atoms with E-state index < -0.39 is 0 Å². The number of benzene rings is 9. The molecule has 9 aromatic carbocycles. The zero-order valence-electron chi connectivity index (χ0n) is 32.6. The fourth-order valence-corrected chi connectivity index (χ4v) is 11.0. The number of anilines is 3. The molecule has 3 aliphatic carbocycles. The van der Waals surface area contributed by atoms with E-state index >= 15 is 0 Å². The minimum absolute atomic E-state index is 0.237. The van der Waals surface area contributed by atoms with Crippen LogP contribution in [0.25, 0.3) is 43.8 Å². The van der Waals surface area contributed by atoms with E-state index in [1.54, 1.807) is 0 Å². The fraction of sp³-hybridized carbons (Fsp3) is 0.0526. The molecule has 0 radical (unpaired) electrons. The summed E-state index contributed by atoms with van der Waals surface area (Å²) in [5.41, 5.74) is 12.7. The van der Waals surface area contributed by atoms with E-state index in [0.29, 0.717) is 23.2 Å². The van der Waals surface area contributed by atoms with Gasteiger partial charge in [0.2, 0.25) is 0 Å². The average molecular weight is 768 g/mol. The van der Waals surface area contributed by atoms with Crippen molar-refractivity contribution in [2.24, 2.45) is 5.92 Å². The summed E-state index contributed by atoms with van der Waals surface area (Å²) in [7, 11) is 0. The van der Waals surface area contributed by atoms with Gasteiger partial charge in [-0.1, -0.05) is 182 Å². The van der Waals surface area contributed by atoms with Crippen molar-refractivity contribution in [1.82, 2.24) is 0 Å². The third-order valence-electron chi connectivity index (χ3n) is 13.4. The molecule has 0 saturated carbocycles. The molecule has 3 unspecified atom stereocenters. The molecule has 9 aromatic rings. The lowest BCUT2D eigenvalue weighted by Crippen LogP contribution is -2.32. The topological polar surface area (TPSA) is 21.7 Å². The lowest BCUT2D eigenvalue weighted by atomic mass is 9.65. The second-order valence-corrected chi connectivity index (χ2v) is 16.3. The van der Waals surface area contributed by atoms with Crippen LogP contribution in [0.1, 0.15) is 28.2 Å². The summed E-state index contributed by atoms with van der Waals surface area (Å²) in [5.74, 6) is 3.38. The summed E-state index contributed by atoms with van der Waals surface area (Å²) in [5, 5.41) is 4.64. The van der Waals surface area contributed by atoms with Crippen LogP contribution in [-0.2, 0) is 5.41 Å². The highest BCUT2D eigenvalue weighted by Crippen LogP contribution is 2.68. The molecular weight excluding hydrogens is 731 g/mol. The molecule has 0 amide bonds. The lowest BCUT2D eigenvalue weighted by Gasteiger charge is -2.36. The first-order valence-electron chi connectivity index (χ1n) is 20.8. The molecule has 1 aliphatic heterocycles. The van der Waals surface area contributed by atoms with Gasteiger partial charge in [-0.15, -0.1) is 0 Å². The van der Waals surface area contributed by atoms with Crippen molar-refractivity contribution in [2.45, 2.75) is 11.3 Å². The summed E-state index contributed by atoms with van der Waals surface area (Å²) < 4.78 is 14.5. The molecule has 13 rings (SSSR count). The van der Waals surface area contributed by atoms with Crippen LogP contribution >= 0.6 is 0 Å². The van der Waals surface area contributed by atoms with Crippen molar-refractivity contribution in [3.63, 3.8) is 0 Å². The van der Waals surface area contributed by atoms with Gasteiger partial charge in [0.05, 0.1) is 22.5 Å². The monoisotopic (exact) mass is 767 g/mol. The number of rotatable bonds is 4. The number of fused-ring (bicyclic) bond motifs is 15. The molecule has 0 fully saturated rings. The number of para-hydroxylation sites is 1. The molecular formula is C57H37NO2. The van der Waals surface area contributed by atoms with Crippen molar-refractivity contribution in [2.75, 3.05) is 4.90 Å². The Labute approximate surface area is 348 Å². The Morgan fingerprint density at radius 2 is 1.08 bits per heavy atom. The molecule has 0 bridgehead atoms. The quantitative estimate of drug-likeness (QED) is 0.178. The molecule has 3 nitrogen and oxygen atoms in total. The second-order valence-electron chi connectivity index (χ2n) is 16.3. The second kappa shape index (κ2) is 12.7. The zero-order chi connectivity index (χ0) is 39.4. The van der Waals surface area contributed by atoms with Gasteiger partial charge in [-0.2, -0.15) is 0 Å². The van der Waals surface area contributed by atoms with Crippen LogP contribution in [-0.4, -0.2) is 0 Å². The van der Waals surface area contributed by atoms with E-state index in [1.165, 1.54) is 49.7 Å². The Hall–Kier alpha value is -7.62. The molecule has 60 heavy (non-hydrogen) atoms. The summed E-state index contributed by atoms with van der Waals surface area (Å²) >= 11 is 0. The van der Waals surface area contributed by atoms with Crippen molar-refractivity contribution >= 4 is 38.6 Å². The number of hydrogen-bond donors (Lipinski definition) is 0. The first-order valence-corrected chi connectivity index (χ1v) is 20.8. The molecule has 0 aromatic heterocycles. The van der Waals surface area contributed by atoms with E-state index in [-0.39, 0.29) is 11.3 Å². The van der Waals surface area contributed by atoms with Crippen LogP contribution < -0.4 is 14.4 Å². The van der Waals surface area contributed by atoms with E-state index in [2.05, 4.69) is 211 Å². The van der Waals surface area contributed by atoms with Gasteiger partial charge in [0.1, 0.15) is 0 Å². The Balaban J connectivity index is 1.02. The van der Waals surface area contributed by atoms with Crippen LogP contribution in [0, 0.1) is 5.92 Å². The highest BCUT2D eigenvalue weighted by atomic mass is 16.6. The first-order chi connectivity index (χ1) is 29.8. The normalized spacial score (nSPS) is 18.5. The molecule has 1 spiro atoms. The summed E-state index contributed by atoms with van der Waals surface area (Å²) in [6.45, 7) is 0. The Kier molecular flexibility index (Phi) is 7.06. The lowest BCUT2D eigenvalue weighted by molar-refractivity contribution is 0.360. The Morgan fingerprint density at radius 3 is 2.00 bits per heavy atom. The summed E-state index contributed by atoms with van der Waals surface area (Å²) in [6.07, 6.45) is 9.24. The zero-order valence-corrected chi connectivity index (χ0v) is 32.6. The standard InChI is InChI=1S/C57H37NO2/c1-2-16-36(17-3-1)38-32-34-50(43-24-7-6-21-40(38)43)58(49-29-14-19-37-18-4-5-20-39(37)49)51-30-15-31-52-55(51)59-53-35-33-48-54(56(53)60-52)44-25-10-13-28-47(44)57(48)45-26-11-8-22-41(45)42-23-9-12-27-46(42)57/h1-35,41,45H. The maximum atomic E-state index is 7.23. The van der Waals surface area contributed by atoms with Gasteiger partial charge in [0, 0.05) is 28.2 Å². The highest BCUT2D eigenvalue weighted by Gasteiger charge is 2.58. The molecule has 282 valence electrons. The number of nitrogens with zero attached hydrogens (tertiary/aromatic N) is 1. The highest BCUT2D eigenvalue weighted by molar-refractivity contribution is 6.09. The van der Waals surface area contributed by atoms with Gasteiger partial charge >= 0.3 is 0 Å². The van der Waals surface area contributed by atoms with Crippen LogP contribution in [0.3, 0.4) is 0 Å². The number of hydrogen-bond acceptors (Lipinski definition) is 3. The van der Waals surface area contributed by atoms with Gasteiger partial charge in [-0.05, 0) is 80.0 Å². The van der Waals surface area contributed by atoms with Crippen LogP contribution in [0.15, 0.2) is 212 Å². The number of allylic oxidation sites excluding steroid dienone is 4. The molecule has 1 heterocycles. The van der Waals surface area contributed by atoms with E-state index in [4.69, 9.17) is 9.47 Å². The maximum Gasteiger partial charge on any atom is 0.194 e. The van der Waals surface area contributed by atoms with Gasteiger partial charge in [-0.25, -0.2) is 0 Å². The van der Waals surface area contributed by atoms with Crippen LogP contribution in [0.2, 0.25) is 0 Å². The van der Waals surface area contributed by atoms with Gasteiger partial charge < -0.3 is 14.4 Å². The van der Waals surface area contributed by atoms with E-state index in [9.17, 15) is 0 Å². The molecule has 0 N–H and O–H groups in total. The average Bonchev–Trinajstić information content (AvgIpc) is 3.79. The third-order valence-corrected chi connectivity index (χ3v) is 13.4. The third kappa shape index (κ3) is 4.49. The first kappa shape index (κ1) is 33.4. The van der Waals surface area contributed by atoms with Crippen molar-refractivity contribution in [3.8, 4) is 45.3 Å². The summed E-state index contributed by atoms with van der Waals surface area (Å²) in [4.78, 5) is 2.36. The minimum atomic E-state index is -0.354. The van der Waals surface area contributed by atoms with Crippen molar-refractivity contribution in [1.29, 1.82) is 0 Å². The maximum absolute atomic E-state index is 7.23. The predicted molar refractivity (Wildman–Crippen MR) is 244 cm³/mol. The summed E-state index contributed by atoms with van der Waals surface area (Å²) in [6, 6.07) is 67.8. The Bertz CT molecular complexity index is 3300. The molecule has 4 aliphatic rings. The van der Waals surface area contributed by atoms with Crippen molar-refractivity contribution < 1.29 is 9.47 Å². The SMILES string of the molecule is C1=CC2c3ccccc3C3(c4ccccc4-c4c3ccc3c4Oc4cccc(N(c5cccc6ccccc56)c5ccc(-c6ccccc6)c6ccccc56)c4O3)C2C=C1. The minimum Gasteiger partial charge on any atom is -0.449 e. The van der Waals surface area contributed by atoms with Crippen LogP contribution in [0.5, 0.6) is 23.0 Å². The smallest absolute Gasteiger partial charge is 0.194 e. The van der Waals surface area contributed by atoms with Gasteiger partial charge in [-0.3, -0.25) is 0 Å². The molecule has 0 saturated heterocycles. The fourth-order valence-electron chi connectivity index (χ4n) is 11.0. The largest absolute Gasteiger partial charge is 0.449 e.